The predicted octanol–water partition coefficient (Wildman–Crippen LogP) is 14.2. The molecule has 12 rings (SSSR count). The highest BCUT2D eigenvalue weighted by molar-refractivity contribution is 6.17. The summed E-state index contributed by atoms with van der Waals surface area (Å²) in [6.07, 6.45) is 9.32. The average molecular weight is 744 g/mol. The summed E-state index contributed by atoms with van der Waals surface area (Å²) in [5, 5.41) is 8.91. The number of fused-ring (bicyclic) bond motifs is 8. The number of hydrogen-bond donors (Lipinski definition) is 0. The second-order valence-corrected chi connectivity index (χ2v) is 15.0. The lowest BCUT2D eigenvalue weighted by Crippen LogP contribution is -2.08. The zero-order valence-corrected chi connectivity index (χ0v) is 31.3. The molecule has 1 atom stereocenters. The molecule has 0 fully saturated rings. The van der Waals surface area contributed by atoms with Gasteiger partial charge in [-0.3, -0.25) is 0 Å². The van der Waals surface area contributed by atoms with Crippen LogP contribution >= 0.6 is 0 Å². The molecule has 1 aliphatic rings. The van der Waals surface area contributed by atoms with Crippen LogP contribution in [0, 0.1) is 0 Å². The molecule has 0 saturated heterocycles. The minimum Gasteiger partial charge on any atom is -0.456 e. The second-order valence-electron chi connectivity index (χ2n) is 15.0. The molecule has 0 N–H and O–H groups in total. The molecule has 1 unspecified atom stereocenters. The summed E-state index contributed by atoms with van der Waals surface area (Å²) in [5.74, 6) is 1.98. The maximum Gasteiger partial charge on any atom is 0.167 e. The molecule has 3 aromatic heterocycles. The van der Waals surface area contributed by atoms with Crippen LogP contribution in [0.15, 0.2) is 191 Å². The van der Waals surface area contributed by atoms with Crippen molar-refractivity contribution >= 4 is 65.4 Å². The normalized spacial score (nSPS) is 14.2. The van der Waals surface area contributed by atoms with E-state index in [1.165, 1.54) is 16.3 Å². The third-order valence-corrected chi connectivity index (χ3v) is 11.7. The van der Waals surface area contributed by atoms with E-state index in [0.717, 1.165) is 94.7 Å². The summed E-state index contributed by atoms with van der Waals surface area (Å²) in [4.78, 5) is 15.6. The molecule has 58 heavy (non-hydrogen) atoms. The van der Waals surface area contributed by atoms with Gasteiger partial charge in [-0.25, -0.2) is 15.0 Å². The van der Waals surface area contributed by atoms with Gasteiger partial charge in [-0.1, -0.05) is 146 Å². The van der Waals surface area contributed by atoms with Gasteiger partial charge in [0.05, 0.1) is 5.56 Å². The van der Waals surface area contributed by atoms with Crippen LogP contribution in [0.25, 0.3) is 110 Å². The number of nitrogens with zero attached hydrogens (tertiary/aromatic N) is 3. The first kappa shape index (κ1) is 32.6. The molecule has 0 bridgehead atoms. The standard InChI is InChI=1S/C53H33N3O2/c1-2-14-33(15-3-1)51-54-52(56-53(55-51)44-24-11-23-42-40-20-8-9-25-46(40)58-50(42)44)43-29-28-39(37-18-6-7-19-38(37)43)41-22-12-26-48-49(41)45-31-34(27-30-47(45)57-48)36-21-10-16-32-13-4-5-17-35(32)36/h1-14,16-31,33H,15H2. The SMILES string of the molecule is C1=CCC(c2nc(-c3ccc(-c4cccc5oc6ccc(-c7cccc8ccccc78)cc6c45)c4ccccc34)nc(-c3cccc4c3oc3ccccc34)n2)C=C1. The van der Waals surface area contributed by atoms with Crippen molar-refractivity contribution in [1.82, 2.24) is 15.0 Å². The van der Waals surface area contributed by atoms with Crippen molar-refractivity contribution in [2.45, 2.75) is 12.3 Å². The number of hydrogen-bond acceptors (Lipinski definition) is 5. The smallest absolute Gasteiger partial charge is 0.167 e. The fourth-order valence-electron chi connectivity index (χ4n) is 8.92. The van der Waals surface area contributed by atoms with Crippen molar-refractivity contribution in [2.24, 2.45) is 0 Å². The third kappa shape index (κ3) is 5.14. The quantitative estimate of drug-likeness (QED) is 0.176. The summed E-state index contributed by atoms with van der Waals surface area (Å²) in [6.45, 7) is 0. The first-order valence-electron chi connectivity index (χ1n) is 19.7. The zero-order chi connectivity index (χ0) is 38.2. The average Bonchev–Trinajstić information content (AvgIpc) is 3.87. The van der Waals surface area contributed by atoms with Crippen molar-refractivity contribution in [2.75, 3.05) is 0 Å². The Morgan fingerprint density at radius 1 is 0.431 bits per heavy atom. The number of para-hydroxylation sites is 2. The zero-order valence-electron chi connectivity index (χ0n) is 31.3. The summed E-state index contributed by atoms with van der Waals surface area (Å²) in [7, 11) is 0. The second kappa shape index (κ2) is 13.0. The first-order valence-corrected chi connectivity index (χ1v) is 19.7. The Morgan fingerprint density at radius 2 is 1.09 bits per heavy atom. The van der Waals surface area contributed by atoms with Crippen molar-refractivity contribution in [1.29, 1.82) is 0 Å². The van der Waals surface area contributed by atoms with Crippen LogP contribution in [-0.2, 0) is 0 Å². The largest absolute Gasteiger partial charge is 0.456 e. The van der Waals surface area contributed by atoms with Gasteiger partial charge in [0.25, 0.3) is 0 Å². The molecule has 5 nitrogen and oxygen atoms in total. The highest BCUT2D eigenvalue weighted by atomic mass is 16.3. The van der Waals surface area contributed by atoms with Gasteiger partial charge in [0.1, 0.15) is 28.2 Å². The molecule has 272 valence electrons. The highest BCUT2D eigenvalue weighted by Crippen LogP contribution is 2.43. The van der Waals surface area contributed by atoms with E-state index in [4.69, 9.17) is 23.8 Å². The molecule has 5 heteroatoms. The Bertz CT molecular complexity index is 3510. The highest BCUT2D eigenvalue weighted by Gasteiger charge is 2.22. The third-order valence-electron chi connectivity index (χ3n) is 11.7. The van der Waals surface area contributed by atoms with Gasteiger partial charge in [0.2, 0.25) is 0 Å². The lowest BCUT2D eigenvalue weighted by molar-refractivity contribution is 0.668. The molecule has 3 heterocycles. The van der Waals surface area contributed by atoms with Gasteiger partial charge < -0.3 is 8.83 Å². The molecule has 0 spiro atoms. The predicted molar refractivity (Wildman–Crippen MR) is 237 cm³/mol. The van der Waals surface area contributed by atoms with E-state index in [0.29, 0.717) is 11.6 Å². The Morgan fingerprint density at radius 3 is 1.97 bits per heavy atom. The monoisotopic (exact) mass is 743 g/mol. The summed E-state index contributed by atoms with van der Waals surface area (Å²) >= 11 is 0. The van der Waals surface area contributed by atoms with Crippen LogP contribution in [0.3, 0.4) is 0 Å². The van der Waals surface area contributed by atoms with E-state index >= 15 is 0 Å². The topological polar surface area (TPSA) is 65.0 Å². The van der Waals surface area contributed by atoms with E-state index in [-0.39, 0.29) is 5.92 Å². The molecule has 0 aliphatic heterocycles. The van der Waals surface area contributed by atoms with Crippen LogP contribution in [0.4, 0.5) is 0 Å². The van der Waals surface area contributed by atoms with E-state index < -0.39 is 0 Å². The van der Waals surface area contributed by atoms with Crippen molar-refractivity contribution in [3.63, 3.8) is 0 Å². The van der Waals surface area contributed by atoms with Gasteiger partial charge in [-0.15, -0.1) is 0 Å². The van der Waals surface area contributed by atoms with Gasteiger partial charge in [-0.05, 0) is 86.6 Å². The van der Waals surface area contributed by atoms with Gasteiger partial charge in [0, 0.05) is 33.0 Å². The maximum absolute atomic E-state index is 6.53. The van der Waals surface area contributed by atoms with Crippen LogP contribution in [0.5, 0.6) is 0 Å². The fraction of sp³-hybridized carbons (Fsp3) is 0.0377. The van der Waals surface area contributed by atoms with E-state index in [1.54, 1.807) is 0 Å². The van der Waals surface area contributed by atoms with Crippen LogP contribution < -0.4 is 0 Å². The Balaban J connectivity index is 1.05. The van der Waals surface area contributed by atoms with Gasteiger partial charge >= 0.3 is 0 Å². The van der Waals surface area contributed by atoms with Crippen molar-refractivity contribution in [3.05, 3.63) is 188 Å². The minimum absolute atomic E-state index is 0.0247. The van der Waals surface area contributed by atoms with Crippen molar-refractivity contribution < 1.29 is 8.83 Å². The van der Waals surface area contributed by atoms with Crippen LogP contribution in [0.1, 0.15) is 18.2 Å². The summed E-state index contributed by atoms with van der Waals surface area (Å²) < 4.78 is 13.0. The number of aromatic nitrogens is 3. The molecule has 11 aromatic rings. The maximum atomic E-state index is 6.53. The molecule has 1 aliphatic carbocycles. The Hall–Kier alpha value is -7.63. The molecular formula is C53H33N3O2. The van der Waals surface area contributed by atoms with Gasteiger partial charge in [0.15, 0.2) is 11.6 Å². The number of benzene rings is 8. The molecular weight excluding hydrogens is 711 g/mol. The molecule has 0 radical (unpaired) electrons. The first-order chi connectivity index (χ1) is 28.7. The molecule has 0 saturated carbocycles. The Labute approximate surface area is 333 Å². The van der Waals surface area contributed by atoms with Crippen molar-refractivity contribution in [3.8, 4) is 45.0 Å². The van der Waals surface area contributed by atoms with Crippen LogP contribution in [0.2, 0.25) is 0 Å². The van der Waals surface area contributed by atoms with Gasteiger partial charge in [-0.2, -0.15) is 0 Å². The van der Waals surface area contributed by atoms with E-state index in [1.807, 2.05) is 24.3 Å². The Kier molecular flexibility index (Phi) is 7.29. The van der Waals surface area contributed by atoms with Crippen LogP contribution in [-0.4, -0.2) is 15.0 Å². The summed E-state index contributed by atoms with van der Waals surface area (Å²) in [5.41, 5.74) is 9.71. The van der Waals surface area contributed by atoms with E-state index in [2.05, 4.69) is 158 Å². The number of rotatable bonds is 5. The fourth-order valence-corrected chi connectivity index (χ4v) is 8.92. The number of allylic oxidation sites excluding steroid dienone is 4. The number of furan rings is 2. The molecule has 8 aromatic carbocycles. The minimum atomic E-state index is 0.0247. The lowest BCUT2D eigenvalue weighted by Gasteiger charge is -2.16. The summed E-state index contributed by atoms with van der Waals surface area (Å²) in [6, 6.07) is 55.3. The molecule has 0 amide bonds. The lowest BCUT2D eigenvalue weighted by atomic mass is 9.91. The van der Waals surface area contributed by atoms with E-state index in [9.17, 15) is 0 Å².